The van der Waals surface area contributed by atoms with Crippen LogP contribution in [0, 0.1) is 5.92 Å². The fourth-order valence-electron chi connectivity index (χ4n) is 3.55. The standard InChI is InChI=1S/C14H28N2/c1-3-6-13(7-4-2)16-10-12-8-5-9-15-14(12)11-16/h12-15H,3-11H2,1-2H3. The van der Waals surface area contributed by atoms with E-state index < -0.39 is 0 Å². The number of piperidine rings is 1. The molecule has 2 heterocycles. The summed E-state index contributed by atoms with van der Waals surface area (Å²) in [5.74, 6) is 0.949. The molecule has 0 radical (unpaired) electrons. The highest BCUT2D eigenvalue weighted by molar-refractivity contribution is 4.93. The zero-order valence-corrected chi connectivity index (χ0v) is 11.0. The Kier molecular flexibility index (Phi) is 4.66. The molecule has 16 heavy (non-hydrogen) atoms. The molecule has 2 unspecified atom stereocenters. The summed E-state index contributed by atoms with van der Waals surface area (Å²) in [4.78, 5) is 2.78. The second-order valence-corrected chi connectivity index (χ2v) is 5.65. The third-order valence-electron chi connectivity index (χ3n) is 4.39. The number of nitrogens with one attached hydrogen (secondary N) is 1. The van der Waals surface area contributed by atoms with Gasteiger partial charge in [0, 0.05) is 25.2 Å². The monoisotopic (exact) mass is 224 g/mol. The highest BCUT2D eigenvalue weighted by atomic mass is 15.2. The van der Waals surface area contributed by atoms with Gasteiger partial charge in [-0.3, -0.25) is 4.90 Å². The number of fused-ring (bicyclic) bond motifs is 1. The number of likely N-dealkylation sites (tertiary alicyclic amines) is 1. The maximum absolute atomic E-state index is 3.71. The van der Waals surface area contributed by atoms with E-state index in [1.54, 1.807) is 0 Å². The summed E-state index contributed by atoms with van der Waals surface area (Å²) in [6, 6.07) is 1.67. The SMILES string of the molecule is CCCC(CCC)N1CC2CCCNC2C1. The van der Waals surface area contributed by atoms with Gasteiger partial charge in [0.1, 0.15) is 0 Å². The van der Waals surface area contributed by atoms with Crippen LogP contribution in [-0.2, 0) is 0 Å². The number of nitrogens with zero attached hydrogens (tertiary/aromatic N) is 1. The summed E-state index contributed by atoms with van der Waals surface area (Å²) in [6.07, 6.45) is 8.31. The van der Waals surface area contributed by atoms with Crippen molar-refractivity contribution in [2.75, 3.05) is 19.6 Å². The van der Waals surface area contributed by atoms with Crippen molar-refractivity contribution in [1.82, 2.24) is 10.2 Å². The van der Waals surface area contributed by atoms with E-state index >= 15 is 0 Å². The van der Waals surface area contributed by atoms with Gasteiger partial charge in [-0.2, -0.15) is 0 Å². The molecule has 0 bridgehead atoms. The Balaban J connectivity index is 1.88. The Morgan fingerprint density at radius 1 is 1.19 bits per heavy atom. The molecular weight excluding hydrogens is 196 g/mol. The van der Waals surface area contributed by atoms with E-state index in [0.717, 1.165) is 18.0 Å². The molecule has 2 fully saturated rings. The molecule has 0 aromatic heterocycles. The van der Waals surface area contributed by atoms with Crippen LogP contribution in [0.3, 0.4) is 0 Å². The van der Waals surface area contributed by atoms with E-state index in [1.807, 2.05) is 0 Å². The van der Waals surface area contributed by atoms with Gasteiger partial charge in [0.2, 0.25) is 0 Å². The largest absolute Gasteiger partial charge is 0.312 e. The molecule has 2 heteroatoms. The normalized spacial score (nSPS) is 30.9. The fraction of sp³-hybridized carbons (Fsp3) is 1.00. The Bertz CT molecular complexity index is 185. The van der Waals surface area contributed by atoms with Crippen molar-refractivity contribution in [3.63, 3.8) is 0 Å². The number of hydrogen-bond acceptors (Lipinski definition) is 2. The van der Waals surface area contributed by atoms with Gasteiger partial charge >= 0.3 is 0 Å². The Morgan fingerprint density at radius 3 is 2.56 bits per heavy atom. The molecular formula is C14H28N2. The average molecular weight is 224 g/mol. The van der Waals surface area contributed by atoms with E-state index in [2.05, 4.69) is 24.1 Å². The summed E-state index contributed by atoms with van der Waals surface area (Å²) < 4.78 is 0. The third kappa shape index (κ3) is 2.78. The van der Waals surface area contributed by atoms with Crippen molar-refractivity contribution < 1.29 is 0 Å². The predicted octanol–water partition coefficient (Wildman–Crippen LogP) is 2.64. The number of rotatable bonds is 5. The molecule has 0 aromatic rings. The van der Waals surface area contributed by atoms with Crippen LogP contribution in [0.4, 0.5) is 0 Å². The van der Waals surface area contributed by atoms with Gasteiger partial charge in [-0.05, 0) is 38.1 Å². The van der Waals surface area contributed by atoms with Gasteiger partial charge in [-0.15, -0.1) is 0 Å². The molecule has 2 rings (SSSR count). The predicted molar refractivity (Wildman–Crippen MR) is 69.7 cm³/mol. The van der Waals surface area contributed by atoms with Crippen molar-refractivity contribution in [3.8, 4) is 0 Å². The first kappa shape index (κ1) is 12.4. The first-order valence-corrected chi connectivity index (χ1v) is 7.32. The first-order valence-electron chi connectivity index (χ1n) is 7.32. The smallest absolute Gasteiger partial charge is 0.0235 e. The topological polar surface area (TPSA) is 15.3 Å². The molecule has 0 amide bonds. The molecule has 0 aliphatic carbocycles. The van der Waals surface area contributed by atoms with Gasteiger partial charge in [0.05, 0.1) is 0 Å². The molecule has 94 valence electrons. The molecule has 0 aromatic carbocycles. The second kappa shape index (κ2) is 6.02. The summed E-state index contributed by atoms with van der Waals surface area (Å²) >= 11 is 0. The second-order valence-electron chi connectivity index (χ2n) is 5.65. The summed E-state index contributed by atoms with van der Waals surface area (Å²) in [7, 11) is 0. The van der Waals surface area contributed by atoms with Crippen molar-refractivity contribution in [3.05, 3.63) is 0 Å². The number of hydrogen-bond donors (Lipinski definition) is 1. The molecule has 0 saturated carbocycles. The average Bonchev–Trinajstić information content (AvgIpc) is 2.72. The van der Waals surface area contributed by atoms with Gasteiger partial charge < -0.3 is 5.32 Å². The van der Waals surface area contributed by atoms with Crippen LogP contribution in [-0.4, -0.2) is 36.6 Å². The summed E-state index contributed by atoms with van der Waals surface area (Å²) in [6.45, 7) is 8.58. The summed E-state index contributed by atoms with van der Waals surface area (Å²) in [5.41, 5.74) is 0. The van der Waals surface area contributed by atoms with Crippen LogP contribution in [0.1, 0.15) is 52.4 Å². The van der Waals surface area contributed by atoms with E-state index in [1.165, 1.54) is 58.2 Å². The molecule has 0 spiro atoms. The van der Waals surface area contributed by atoms with Crippen LogP contribution >= 0.6 is 0 Å². The van der Waals surface area contributed by atoms with Gasteiger partial charge in [0.25, 0.3) is 0 Å². The first-order chi connectivity index (χ1) is 7.85. The zero-order chi connectivity index (χ0) is 11.4. The quantitative estimate of drug-likeness (QED) is 0.772. The molecule has 2 aliphatic rings. The molecule has 1 N–H and O–H groups in total. The zero-order valence-electron chi connectivity index (χ0n) is 11.0. The van der Waals surface area contributed by atoms with Crippen molar-refractivity contribution in [2.45, 2.75) is 64.5 Å². The lowest BCUT2D eigenvalue weighted by Gasteiger charge is -2.27. The molecule has 2 saturated heterocycles. The van der Waals surface area contributed by atoms with Gasteiger partial charge in [-0.25, -0.2) is 0 Å². The van der Waals surface area contributed by atoms with Gasteiger partial charge in [-0.1, -0.05) is 26.7 Å². The minimum atomic E-state index is 0.810. The summed E-state index contributed by atoms with van der Waals surface area (Å²) in [5, 5.41) is 3.71. The Morgan fingerprint density at radius 2 is 1.94 bits per heavy atom. The lowest BCUT2D eigenvalue weighted by molar-refractivity contribution is 0.207. The van der Waals surface area contributed by atoms with Crippen LogP contribution < -0.4 is 5.32 Å². The van der Waals surface area contributed by atoms with Crippen LogP contribution in [0.25, 0.3) is 0 Å². The highest BCUT2D eigenvalue weighted by Crippen LogP contribution is 2.28. The third-order valence-corrected chi connectivity index (χ3v) is 4.39. The minimum Gasteiger partial charge on any atom is -0.312 e. The van der Waals surface area contributed by atoms with E-state index in [4.69, 9.17) is 0 Å². The van der Waals surface area contributed by atoms with Crippen molar-refractivity contribution in [2.24, 2.45) is 5.92 Å². The fourth-order valence-corrected chi connectivity index (χ4v) is 3.55. The minimum absolute atomic E-state index is 0.810. The van der Waals surface area contributed by atoms with Crippen LogP contribution in [0.5, 0.6) is 0 Å². The van der Waals surface area contributed by atoms with E-state index in [9.17, 15) is 0 Å². The van der Waals surface area contributed by atoms with Crippen molar-refractivity contribution >= 4 is 0 Å². The highest BCUT2D eigenvalue weighted by Gasteiger charge is 2.36. The molecule has 2 nitrogen and oxygen atoms in total. The lowest BCUT2D eigenvalue weighted by atomic mass is 9.94. The maximum atomic E-state index is 3.71. The Labute approximate surface area is 101 Å². The Hall–Kier alpha value is -0.0800. The van der Waals surface area contributed by atoms with Crippen LogP contribution in [0.2, 0.25) is 0 Å². The molecule has 2 atom stereocenters. The van der Waals surface area contributed by atoms with E-state index in [-0.39, 0.29) is 0 Å². The van der Waals surface area contributed by atoms with Crippen LogP contribution in [0.15, 0.2) is 0 Å². The van der Waals surface area contributed by atoms with E-state index in [0.29, 0.717) is 0 Å². The lowest BCUT2D eigenvalue weighted by Crippen LogP contribution is -2.41. The van der Waals surface area contributed by atoms with Gasteiger partial charge in [0.15, 0.2) is 0 Å². The maximum Gasteiger partial charge on any atom is 0.0235 e. The molecule has 2 aliphatic heterocycles. The van der Waals surface area contributed by atoms with Crippen molar-refractivity contribution in [1.29, 1.82) is 0 Å².